The molecule has 1 aliphatic heterocycles. The van der Waals surface area contributed by atoms with Crippen LogP contribution < -0.4 is 0 Å². The number of hydrogen-bond acceptors (Lipinski definition) is 13. The van der Waals surface area contributed by atoms with E-state index in [0.29, 0.717) is 0 Å². The summed E-state index contributed by atoms with van der Waals surface area (Å²) in [7, 11) is 0. The average molecular weight is 496 g/mol. The van der Waals surface area contributed by atoms with Gasteiger partial charge in [-0.25, -0.2) is 4.57 Å². The third-order valence-electron chi connectivity index (χ3n) is 4.83. The number of carbonyl (C=O) groups excluding carboxylic acids is 3. The van der Waals surface area contributed by atoms with E-state index in [9.17, 15) is 34.6 Å². The summed E-state index contributed by atoms with van der Waals surface area (Å²) in [6.07, 6.45) is -2.54. The lowest BCUT2D eigenvalue weighted by molar-refractivity contribution is -0.401. The number of esters is 3. The molecule has 1 saturated heterocycles. The highest BCUT2D eigenvalue weighted by molar-refractivity contribution is 5.68. The van der Waals surface area contributed by atoms with Gasteiger partial charge in [0.15, 0.2) is 12.2 Å². The summed E-state index contributed by atoms with van der Waals surface area (Å²) in [5.74, 6) is -3.78. The number of carbonyl (C=O) groups is 3. The first-order chi connectivity index (χ1) is 16.5. The fraction of sp³-hybridized carbons (Fsp3) is 0.500. The predicted molar refractivity (Wildman–Crippen MR) is 108 cm³/mol. The van der Waals surface area contributed by atoms with Crippen molar-refractivity contribution in [3.63, 3.8) is 0 Å². The maximum Gasteiger partial charge on any atom is 0.436 e. The zero-order valence-electron chi connectivity index (χ0n) is 18.6. The largest absolute Gasteiger partial charge is 0.455 e. The molecule has 17 heteroatoms. The van der Waals surface area contributed by atoms with Gasteiger partial charge in [0.1, 0.15) is 37.4 Å². The molecule has 0 radical (unpaired) electrons. The van der Waals surface area contributed by atoms with Crippen molar-refractivity contribution in [3.8, 4) is 0 Å². The van der Waals surface area contributed by atoms with Crippen molar-refractivity contribution in [2.45, 2.75) is 58.0 Å². The molecular formula is C18H20N6O11. The molecule has 5 atom stereocenters. The van der Waals surface area contributed by atoms with Crippen molar-refractivity contribution in [2.24, 2.45) is 0 Å². The number of ether oxygens (including phenoxy) is 4. The number of rotatable bonds is 8. The van der Waals surface area contributed by atoms with Crippen LogP contribution in [0.15, 0.2) is 24.8 Å². The Morgan fingerprint density at radius 2 is 1.40 bits per heavy atom. The van der Waals surface area contributed by atoms with Gasteiger partial charge in [0.2, 0.25) is 12.3 Å². The molecule has 1 aliphatic rings. The molecule has 0 unspecified atom stereocenters. The zero-order chi connectivity index (χ0) is 25.9. The van der Waals surface area contributed by atoms with Gasteiger partial charge < -0.3 is 39.2 Å². The fourth-order valence-electron chi connectivity index (χ4n) is 3.70. The molecule has 0 N–H and O–H groups in total. The first kappa shape index (κ1) is 25.2. The Bertz CT molecular complexity index is 1140. The Morgan fingerprint density at radius 1 is 0.886 bits per heavy atom. The molecule has 2 aromatic heterocycles. The van der Waals surface area contributed by atoms with Gasteiger partial charge in [-0.1, -0.05) is 9.97 Å². The van der Waals surface area contributed by atoms with Crippen molar-refractivity contribution in [3.05, 3.63) is 45.0 Å². The number of nitro groups is 2. The summed E-state index contributed by atoms with van der Waals surface area (Å²) in [4.78, 5) is 64.2. The summed E-state index contributed by atoms with van der Waals surface area (Å²) in [5.41, 5.74) is 0. The second-order valence-electron chi connectivity index (χ2n) is 7.32. The van der Waals surface area contributed by atoms with Gasteiger partial charge in [-0.05, 0) is 9.85 Å². The van der Waals surface area contributed by atoms with E-state index in [1.165, 1.54) is 12.4 Å². The maximum atomic E-state index is 11.9. The maximum absolute atomic E-state index is 11.9. The molecule has 2 aromatic rings. The van der Waals surface area contributed by atoms with Gasteiger partial charge in [0, 0.05) is 20.8 Å². The van der Waals surface area contributed by atoms with E-state index < -0.39 is 70.3 Å². The topological polar surface area (TPSA) is 210 Å². The molecule has 3 heterocycles. The molecule has 0 spiro atoms. The van der Waals surface area contributed by atoms with E-state index in [-0.39, 0.29) is 6.54 Å². The van der Waals surface area contributed by atoms with Crippen LogP contribution in [0.25, 0.3) is 0 Å². The van der Waals surface area contributed by atoms with Crippen molar-refractivity contribution in [1.29, 1.82) is 0 Å². The lowest BCUT2D eigenvalue weighted by Crippen LogP contribution is -2.60. The van der Waals surface area contributed by atoms with Crippen molar-refractivity contribution < 1.29 is 43.2 Å². The summed E-state index contributed by atoms with van der Waals surface area (Å²) >= 11 is 0. The van der Waals surface area contributed by atoms with E-state index >= 15 is 0 Å². The van der Waals surface area contributed by atoms with Crippen LogP contribution in [0.1, 0.15) is 27.0 Å². The SMILES string of the molecule is CC(=O)O[C@@H]1[C@@H](OC(C)=O)[C@H](n2ccnc2[N+](=O)[O-])O[C@H](Cn2ccnc2[N+](=O)[O-])[C@H]1OC(C)=O. The normalized spacial score (nSPS) is 23.8. The van der Waals surface area contributed by atoms with Crippen molar-refractivity contribution in [1.82, 2.24) is 19.1 Å². The van der Waals surface area contributed by atoms with Gasteiger partial charge in [0.05, 0.1) is 0 Å². The molecule has 0 bridgehead atoms. The van der Waals surface area contributed by atoms with Crippen LogP contribution in [-0.2, 0) is 39.9 Å². The van der Waals surface area contributed by atoms with Crippen LogP contribution in [0.2, 0.25) is 0 Å². The molecule has 1 fully saturated rings. The first-order valence-electron chi connectivity index (χ1n) is 9.99. The van der Waals surface area contributed by atoms with Crippen LogP contribution in [-0.4, -0.2) is 71.3 Å². The lowest BCUT2D eigenvalue weighted by Gasteiger charge is -2.43. The number of aromatic nitrogens is 4. The summed E-state index contributed by atoms with van der Waals surface area (Å²) in [6, 6.07) is 0. The predicted octanol–water partition coefficient (Wildman–Crippen LogP) is 0.289. The monoisotopic (exact) mass is 496 g/mol. The van der Waals surface area contributed by atoms with E-state index in [1.54, 1.807) is 0 Å². The molecule has 0 amide bonds. The molecule has 35 heavy (non-hydrogen) atoms. The Kier molecular flexibility index (Phi) is 7.38. The highest BCUT2D eigenvalue weighted by atomic mass is 16.7. The molecular weight excluding hydrogens is 476 g/mol. The van der Waals surface area contributed by atoms with Crippen molar-refractivity contribution in [2.75, 3.05) is 0 Å². The van der Waals surface area contributed by atoms with Gasteiger partial charge in [-0.2, -0.15) is 4.57 Å². The fourth-order valence-corrected chi connectivity index (χ4v) is 3.70. The highest BCUT2D eigenvalue weighted by Crippen LogP contribution is 2.37. The first-order valence-corrected chi connectivity index (χ1v) is 9.99. The summed E-state index contributed by atoms with van der Waals surface area (Å²) in [5, 5.41) is 22.8. The van der Waals surface area contributed by atoms with E-state index in [1.807, 2.05) is 0 Å². The molecule has 188 valence electrons. The number of nitrogens with zero attached hydrogens (tertiary/aromatic N) is 6. The standard InChI is InChI=1S/C18H20N6O11/c1-9(25)32-13-12(8-21-6-4-19-17(21)23(28)29)35-16(22-7-5-20-18(22)24(30)31)15(34-11(3)27)14(13)33-10(2)26/h4-7,12-16H,8H2,1-3H3/t12-,13-,14+,15-,16-/m1/s1. The Balaban J connectivity index is 2.14. The van der Waals surface area contributed by atoms with E-state index in [2.05, 4.69) is 9.97 Å². The highest BCUT2D eigenvalue weighted by Gasteiger charge is 2.55. The van der Waals surface area contributed by atoms with Gasteiger partial charge in [-0.15, -0.1) is 0 Å². The van der Waals surface area contributed by atoms with E-state index in [4.69, 9.17) is 18.9 Å². The third kappa shape index (κ3) is 5.57. The van der Waals surface area contributed by atoms with E-state index in [0.717, 1.165) is 42.3 Å². The summed E-state index contributed by atoms with van der Waals surface area (Å²) < 4.78 is 24.0. The average Bonchev–Trinajstić information content (AvgIpc) is 3.40. The minimum Gasteiger partial charge on any atom is -0.455 e. The second kappa shape index (κ2) is 10.2. The second-order valence-corrected chi connectivity index (χ2v) is 7.32. The summed E-state index contributed by atoms with van der Waals surface area (Å²) in [6.45, 7) is 2.81. The molecule has 0 saturated carbocycles. The lowest BCUT2D eigenvalue weighted by atomic mass is 9.96. The van der Waals surface area contributed by atoms with Gasteiger partial charge in [-0.3, -0.25) is 14.4 Å². The van der Waals surface area contributed by atoms with Crippen LogP contribution in [0.3, 0.4) is 0 Å². The van der Waals surface area contributed by atoms with Crippen molar-refractivity contribution >= 4 is 29.8 Å². The molecule has 0 aromatic carbocycles. The third-order valence-corrected chi connectivity index (χ3v) is 4.83. The molecule has 3 rings (SSSR count). The van der Waals surface area contributed by atoms with Crippen LogP contribution in [0.5, 0.6) is 0 Å². The Hall–Kier alpha value is -4.41. The van der Waals surface area contributed by atoms with Crippen LogP contribution >= 0.6 is 0 Å². The minimum atomic E-state index is -1.53. The van der Waals surface area contributed by atoms with Gasteiger partial charge in [0.25, 0.3) is 0 Å². The zero-order valence-corrected chi connectivity index (χ0v) is 18.6. The Labute approximate surface area is 195 Å². The number of imidazole rings is 2. The molecule has 17 nitrogen and oxygen atoms in total. The molecule has 0 aliphatic carbocycles. The van der Waals surface area contributed by atoms with Crippen LogP contribution in [0.4, 0.5) is 11.9 Å². The van der Waals surface area contributed by atoms with Crippen LogP contribution in [0, 0.1) is 20.2 Å². The number of hydrogen-bond donors (Lipinski definition) is 0. The smallest absolute Gasteiger partial charge is 0.436 e. The Morgan fingerprint density at radius 3 is 1.97 bits per heavy atom. The quantitative estimate of drug-likeness (QED) is 0.208. The minimum absolute atomic E-state index is 0.349. The van der Waals surface area contributed by atoms with Gasteiger partial charge >= 0.3 is 29.8 Å².